The van der Waals surface area contributed by atoms with Gasteiger partial charge in [0, 0.05) is 12.1 Å². The van der Waals surface area contributed by atoms with Crippen molar-refractivity contribution in [3.05, 3.63) is 93.9 Å². The van der Waals surface area contributed by atoms with E-state index >= 15 is 0 Å². The number of carbonyl (C=O) groups excluding carboxylic acids is 1. The first-order valence-electron chi connectivity index (χ1n) is 11.9. The van der Waals surface area contributed by atoms with Gasteiger partial charge in [-0.1, -0.05) is 44.2 Å². The Kier molecular flexibility index (Phi) is 7.80. The van der Waals surface area contributed by atoms with Gasteiger partial charge in [-0.05, 0) is 52.9 Å². The molecule has 0 aliphatic rings. The Morgan fingerprint density at radius 3 is 2.23 bits per heavy atom. The lowest BCUT2D eigenvalue weighted by Gasteiger charge is -2.14. The Bertz CT molecular complexity index is 1600. The first-order valence-corrected chi connectivity index (χ1v) is 11.9. The zero-order chi connectivity index (χ0) is 28.3. The van der Waals surface area contributed by atoms with Crippen LogP contribution in [-0.2, 0) is 11.0 Å². The van der Waals surface area contributed by atoms with Crippen LogP contribution in [0.3, 0.4) is 0 Å². The lowest BCUT2D eigenvalue weighted by Crippen LogP contribution is -2.16. The van der Waals surface area contributed by atoms with Crippen LogP contribution in [0, 0.1) is 0 Å². The standard InChI is InChI=1S/C30H25F3O6/c1-17(2)19-8-5-18(6-9-19)7-14-26(34)38-21-11-12-22-24(16-21)39-29(30(31,32)33)27(28(22)35)20-10-13-23(36-3)25(15-20)37-4/h5-17H,1-4H3. The maximum atomic E-state index is 14.0. The highest BCUT2D eigenvalue weighted by Gasteiger charge is 2.39. The normalized spacial score (nSPS) is 11.8. The molecule has 0 aliphatic heterocycles. The van der Waals surface area contributed by atoms with Gasteiger partial charge in [-0.3, -0.25) is 4.79 Å². The summed E-state index contributed by atoms with van der Waals surface area (Å²) in [5.41, 5.74) is -0.0865. The van der Waals surface area contributed by atoms with E-state index in [0.29, 0.717) is 5.92 Å². The molecule has 0 unspecified atom stereocenters. The lowest BCUT2D eigenvalue weighted by molar-refractivity contribution is -0.152. The van der Waals surface area contributed by atoms with Gasteiger partial charge in [0.15, 0.2) is 11.5 Å². The molecule has 0 saturated carbocycles. The first-order chi connectivity index (χ1) is 18.5. The van der Waals surface area contributed by atoms with Crippen LogP contribution in [0.15, 0.2) is 76.0 Å². The Morgan fingerprint density at radius 2 is 1.62 bits per heavy atom. The highest BCUT2D eigenvalue weighted by atomic mass is 19.4. The van der Waals surface area contributed by atoms with E-state index in [1.807, 2.05) is 24.3 Å². The summed E-state index contributed by atoms with van der Waals surface area (Å²) >= 11 is 0. The van der Waals surface area contributed by atoms with Gasteiger partial charge in [0.1, 0.15) is 11.3 Å². The number of benzene rings is 3. The van der Waals surface area contributed by atoms with Crippen molar-refractivity contribution < 1.29 is 36.6 Å². The molecule has 0 fully saturated rings. The number of methoxy groups -OCH3 is 2. The Hall–Kier alpha value is -4.53. The van der Waals surface area contributed by atoms with Crippen molar-refractivity contribution in [1.82, 2.24) is 0 Å². The molecular weight excluding hydrogens is 513 g/mol. The minimum absolute atomic E-state index is 0.0577. The molecule has 1 heterocycles. The van der Waals surface area contributed by atoms with E-state index in [-0.39, 0.29) is 33.8 Å². The van der Waals surface area contributed by atoms with Crippen LogP contribution in [0.4, 0.5) is 13.2 Å². The minimum atomic E-state index is -4.99. The van der Waals surface area contributed by atoms with Crippen molar-refractivity contribution in [2.45, 2.75) is 25.9 Å². The van der Waals surface area contributed by atoms with Crippen LogP contribution in [0.25, 0.3) is 28.2 Å². The summed E-state index contributed by atoms with van der Waals surface area (Å²) in [4.78, 5) is 25.6. The molecule has 0 spiro atoms. The summed E-state index contributed by atoms with van der Waals surface area (Å²) in [6.07, 6.45) is -2.23. The highest BCUT2D eigenvalue weighted by Crippen LogP contribution is 2.40. The van der Waals surface area contributed by atoms with Gasteiger partial charge in [-0.2, -0.15) is 13.2 Å². The third-order valence-electron chi connectivity index (χ3n) is 6.03. The average Bonchev–Trinajstić information content (AvgIpc) is 2.91. The zero-order valence-corrected chi connectivity index (χ0v) is 21.6. The number of hydrogen-bond acceptors (Lipinski definition) is 6. The molecule has 0 radical (unpaired) electrons. The third kappa shape index (κ3) is 5.98. The molecule has 0 aliphatic carbocycles. The van der Waals surface area contributed by atoms with Gasteiger partial charge in [-0.25, -0.2) is 4.79 Å². The molecule has 0 saturated heterocycles. The van der Waals surface area contributed by atoms with Crippen LogP contribution >= 0.6 is 0 Å². The molecule has 0 N–H and O–H groups in total. The Balaban J connectivity index is 1.68. The van der Waals surface area contributed by atoms with E-state index in [1.165, 1.54) is 50.6 Å². The first kappa shape index (κ1) is 27.5. The van der Waals surface area contributed by atoms with E-state index in [2.05, 4.69) is 13.8 Å². The molecule has 1 aromatic heterocycles. The molecule has 6 nitrogen and oxygen atoms in total. The monoisotopic (exact) mass is 538 g/mol. The fourth-order valence-corrected chi connectivity index (χ4v) is 4.00. The second-order valence-corrected chi connectivity index (χ2v) is 8.94. The number of hydrogen-bond donors (Lipinski definition) is 0. The van der Waals surface area contributed by atoms with E-state index in [9.17, 15) is 22.8 Å². The number of esters is 1. The highest BCUT2D eigenvalue weighted by molar-refractivity contribution is 5.90. The predicted octanol–water partition coefficient (Wildman–Crippen LogP) is 7.24. The smallest absolute Gasteiger partial charge is 0.450 e. The van der Waals surface area contributed by atoms with Crippen molar-refractivity contribution in [2.24, 2.45) is 0 Å². The predicted molar refractivity (Wildman–Crippen MR) is 141 cm³/mol. The van der Waals surface area contributed by atoms with Gasteiger partial charge >= 0.3 is 12.1 Å². The van der Waals surface area contributed by atoms with Crippen LogP contribution in [0.5, 0.6) is 17.2 Å². The Morgan fingerprint density at radius 1 is 0.923 bits per heavy atom. The molecule has 4 aromatic rings. The van der Waals surface area contributed by atoms with E-state index < -0.39 is 28.9 Å². The van der Waals surface area contributed by atoms with Crippen molar-refractivity contribution in [1.29, 1.82) is 0 Å². The molecular formula is C30H25F3O6. The number of alkyl halides is 3. The second kappa shape index (κ2) is 11.1. The van der Waals surface area contributed by atoms with Crippen LogP contribution in [0.2, 0.25) is 0 Å². The molecule has 0 amide bonds. The summed E-state index contributed by atoms with van der Waals surface area (Å²) in [7, 11) is 2.71. The number of rotatable bonds is 7. The summed E-state index contributed by atoms with van der Waals surface area (Å²) in [5.74, 6) is -1.51. The fourth-order valence-electron chi connectivity index (χ4n) is 4.00. The lowest BCUT2D eigenvalue weighted by atomic mass is 10.0. The molecule has 3 aromatic carbocycles. The molecule has 4 rings (SSSR count). The van der Waals surface area contributed by atoms with E-state index in [4.69, 9.17) is 18.6 Å². The van der Waals surface area contributed by atoms with Gasteiger partial charge in [0.2, 0.25) is 11.2 Å². The van der Waals surface area contributed by atoms with Crippen molar-refractivity contribution in [3.63, 3.8) is 0 Å². The quantitative estimate of drug-likeness (QED) is 0.140. The van der Waals surface area contributed by atoms with Crippen LogP contribution in [0.1, 0.15) is 36.7 Å². The maximum absolute atomic E-state index is 14.0. The van der Waals surface area contributed by atoms with E-state index in [1.54, 1.807) is 6.08 Å². The van der Waals surface area contributed by atoms with Gasteiger partial charge in [0.25, 0.3) is 0 Å². The van der Waals surface area contributed by atoms with Crippen LogP contribution in [-0.4, -0.2) is 20.2 Å². The fraction of sp³-hybridized carbons (Fsp3) is 0.200. The molecule has 0 bridgehead atoms. The van der Waals surface area contributed by atoms with Crippen LogP contribution < -0.4 is 19.6 Å². The molecule has 9 heteroatoms. The Labute approximate surface area is 222 Å². The van der Waals surface area contributed by atoms with Crippen molar-refractivity contribution in [3.8, 4) is 28.4 Å². The number of carbonyl (C=O) groups is 1. The van der Waals surface area contributed by atoms with Gasteiger partial charge < -0.3 is 18.6 Å². The summed E-state index contributed by atoms with van der Waals surface area (Å²) in [6.45, 7) is 4.14. The SMILES string of the molecule is COc1ccc(-c2c(C(F)(F)F)oc3cc(OC(=O)C=Cc4ccc(C(C)C)cc4)ccc3c2=O)cc1OC. The second-order valence-electron chi connectivity index (χ2n) is 8.94. The van der Waals surface area contributed by atoms with Crippen molar-refractivity contribution in [2.75, 3.05) is 14.2 Å². The zero-order valence-electron chi connectivity index (χ0n) is 21.6. The minimum Gasteiger partial charge on any atom is -0.493 e. The van der Waals surface area contributed by atoms with E-state index in [0.717, 1.165) is 17.2 Å². The number of ether oxygens (including phenoxy) is 3. The van der Waals surface area contributed by atoms with Gasteiger partial charge in [0.05, 0.1) is 25.2 Å². The van der Waals surface area contributed by atoms with Gasteiger partial charge in [-0.15, -0.1) is 0 Å². The summed E-state index contributed by atoms with van der Waals surface area (Å²) < 4.78 is 62.8. The number of fused-ring (bicyclic) bond motifs is 1. The largest absolute Gasteiger partial charge is 0.493 e. The molecule has 39 heavy (non-hydrogen) atoms. The van der Waals surface area contributed by atoms with Crippen molar-refractivity contribution >= 4 is 23.0 Å². The summed E-state index contributed by atoms with van der Waals surface area (Å²) in [5, 5.41) is -0.117. The number of halogens is 3. The third-order valence-corrected chi connectivity index (χ3v) is 6.03. The molecule has 202 valence electrons. The maximum Gasteiger partial charge on any atom is 0.450 e. The molecule has 0 atom stereocenters. The topological polar surface area (TPSA) is 75.0 Å². The summed E-state index contributed by atoms with van der Waals surface area (Å²) in [6, 6.07) is 15.2. The average molecular weight is 539 g/mol.